The van der Waals surface area contributed by atoms with Crippen LogP contribution in [-0.2, 0) is 16.1 Å². The normalized spacial score (nSPS) is 17.6. The minimum Gasteiger partial charge on any atom is -0.382 e. The predicted octanol–water partition coefficient (Wildman–Crippen LogP) is 2.51. The maximum atomic E-state index is 11.8. The van der Waals surface area contributed by atoms with E-state index in [1.807, 2.05) is 25.1 Å². The summed E-state index contributed by atoms with van der Waals surface area (Å²) in [6.07, 6.45) is 1.88. The summed E-state index contributed by atoms with van der Waals surface area (Å²) in [7, 11) is 0. The number of rotatable bonds is 5. The molecule has 1 N–H and O–H groups in total. The quantitative estimate of drug-likeness (QED) is 0.863. The number of aromatic nitrogens is 1. The highest BCUT2D eigenvalue weighted by Gasteiger charge is 2.25. The van der Waals surface area contributed by atoms with E-state index >= 15 is 0 Å². The van der Waals surface area contributed by atoms with Crippen LogP contribution in [0.4, 0.5) is 0 Å². The van der Waals surface area contributed by atoms with Crippen molar-refractivity contribution in [3.8, 4) is 0 Å². The van der Waals surface area contributed by atoms with Crippen LogP contribution in [0.3, 0.4) is 0 Å². The highest BCUT2D eigenvalue weighted by molar-refractivity contribution is 7.18. The second kappa shape index (κ2) is 6.22. The van der Waals surface area contributed by atoms with Gasteiger partial charge in [-0.25, -0.2) is 4.98 Å². The summed E-state index contributed by atoms with van der Waals surface area (Å²) in [5, 5.41) is 7.79. The summed E-state index contributed by atoms with van der Waals surface area (Å²) >= 11 is 1.71. The summed E-state index contributed by atoms with van der Waals surface area (Å²) in [4.78, 5) is 21.4. The summed E-state index contributed by atoms with van der Waals surface area (Å²) in [5.74, 6) is -0.0834. The predicted molar refractivity (Wildman–Crippen MR) is 83.5 cm³/mol. The van der Waals surface area contributed by atoms with Gasteiger partial charge in [-0.05, 0) is 25.5 Å². The van der Waals surface area contributed by atoms with Crippen molar-refractivity contribution in [1.29, 1.82) is 0 Å². The topological polar surface area (TPSA) is 63.6 Å². The first-order valence-electron chi connectivity index (χ1n) is 7.04. The van der Waals surface area contributed by atoms with Gasteiger partial charge in [0.05, 0.1) is 20.9 Å². The van der Waals surface area contributed by atoms with Gasteiger partial charge in [-0.3, -0.25) is 4.79 Å². The van der Waals surface area contributed by atoms with Gasteiger partial charge >= 0.3 is 0 Å². The Labute approximate surface area is 127 Å². The average molecular weight is 303 g/mol. The Balaban J connectivity index is 1.43. The minimum atomic E-state index is -0.451. The standard InChI is InChI=1S/C15H17N3O2S/c1-10-9-12(20-18-10)15(19)16-8-4-7-14-17-11-5-2-3-6-13(11)21-14/h2-3,5-6,12H,4,7-9H2,1H3,(H,16,19)/t12-/m0/s1. The number of amides is 1. The number of aryl methyl sites for hydroxylation is 1. The van der Waals surface area contributed by atoms with Gasteiger partial charge in [0, 0.05) is 19.4 Å². The van der Waals surface area contributed by atoms with Crippen LogP contribution in [0, 0.1) is 0 Å². The Hall–Kier alpha value is -1.95. The highest BCUT2D eigenvalue weighted by atomic mass is 32.1. The van der Waals surface area contributed by atoms with E-state index in [2.05, 4.69) is 21.5 Å². The fourth-order valence-electron chi connectivity index (χ4n) is 2.23. The summed E-state index contributed by atoms with van der Waals surface area (Å²) in [6.45, 7) is 2.49. The molecule has 0 fully saturated rings. The molecule has 0 unspecified atom stereocenters. The third kappa shape index (κ3) is 3.39. The molecule has 1 aliphatic heterocycles. The van der Waals surface area contributed by atoms with Crippen LogP contribution in [0.15, 0.2) is 29.4 Å². The number of hydrogen-bond acceptors (Lipinski definition) is 5. The van der Waals surface area contributed by atoms with Crippen molar-refractivity contribution in [2.75, 3.05) is 6.54 Å². The molecule has 0 saturated carbocycles. The van der Waals surface area contributed by atoms with Gasteiger partial charge in [-0.1, -0.05) is 17.3 Å². The lowest BCUT2D eigenvalue weighted by atomic mass is 10.2. The van der Waals surface area contributed by atoms with Crippen molar-refractivity contribution in [3.05, 3.63) is 29.3 Å². The summed E-state index contributed by atoms with van der Waals surface area (Å²) in [5.41, 5.74) is 1.91. The summed E-state index contributed by atoms with van der Waals surface area (Å²) in [6, 6.07) is 8.13. The number of nitrogens with one attached hydrogen (secondary N) is 1. The molecule has 110 valence electrons. The van der Waals surface area contributed by atoms with E-state index in [1.165, 1.54) is 4.70 Å². The van der Waals surface area contributed by atoms with Crippen molar-refractivity contribution >= 4 is 33.2 Å². The Morgan fingerprint density at radius 1 is 1.48 bits per heavy atom. The number of carbonyl (C=O) groups is 1. The number of hydrogen-bond donors (Lipinski definition) is 1. The van der Waals surface area contributed by atoms with Crippen LogP contribution in [0.5, 0.6) is 0 Å². The van der Waals surface area contributed by atoms with Crippen molar-refractivity contribution in [2.45, 2.75) is 32.3 Å². The highest BCUT2D eigenvalue weighted by Crippen LogP contribution is 2.22. The molecule has 1 atom stereocenters. The van der Waals surface area contributed by atoms with Gasteiger partial charge in [0.2, 0.25) is 6.10 Å². The fraction of sp³-hybridized carbons (Fsp3) is 0.400. The number of nitrogens with zero attached hydrogens (tertiary/aromatic N) is 2. The first kappa shape index (κ1) is 14.0. The molecule has 1 aromatic heterocycles. The van der Waals surface area contributed by atoms with Gasteiger partial charge in [0.1, 0.15) is 0 Å². The van der Waals surface area contributed by atoms with Gasteiger partial charge < -0.3 is 10.2 Å². The van der Waals surface area contributed by atoms with Crippen molar-refractivity contribution in [3.63, 3.8) is 0 Å². The number of benzene rings is 1. The zero-order valence-electron chi connectivity index (χ0n) is 11.8. The number of oxime groups is 1. The van der Waals surface area contributed by atoms with E-state index in [9.17, 15) is 4.79 Å². The van der Waals surface area contributed by atoms with E-state index in [0.29, 0.717) is 13.0 Å². The van der Waals surface area contributed by atoms with E-state index in [1.54, 1.807) is 11.3 Å². The van der Waals surface area contributed by atoms with Crippen LogP contribution < -0.4 is 5.32 Å². The van der Waals surface area contributed by atoms with Crippen LogP contribution in [-0.4, -0.2) is 29.3 Å². The molecule has 0 aliphatic carbocycles. The van der Waals surface area contributed by atoms with Crippen LogP contribution in [0.25, 0.3) is 10.2 Å². The Bertz CT molecular complexity index is 647. The van der Waals surface area contributed by atoms with Crippen molar-refractivity contribution in [2.24, 2.45) is 5.16 Å². The lowest BCUT2D eigenvalue weighted by Crippen LogP contribution is -2.35. The molecule has 2 aromatic rings. The van der Waals surface area contributed by atoms with Crippen LogP contribution >= 0.6 is 11.3 Å². The molecular weight excluding hydrogens is 286 g/mol. The van der Waals surface area contributed by atoms with E-state index in [-0.39, 0.29) is 5.91 Å². The second-order valence-electron chi connectivity index (χ2n) is 5.09. The lowest BCUT2D eigenvalue weighted by molar-refractivity contribution is -0.131. The first-order valence-corrected chi connectivity index (χ1v) is 7.85. The molecule has 0 saturated heterocycles. The molecule has 1 aromatic carbocycles. The van der Waals surface area contributed by atoms with Crippen molar-refractivity contribution in [1.82, 2.24) is 10.3 Å². The Morgan fingerprint density at radius 3 is 3.10 bits per heavy atom. The molecule has 0 bridgehead atoms. The van der Waals surface area contributed by atoms with E-state index in [4.69, 9.17) is 4.84 Å². The molecule has 0 radical (unpaired) electrons. The maximum Gasteiger partial charge on any atom is 0.264 e. The maximum absolute atomic E-state index is 11.8. The minimum absolute atomic E-state index is 0.0834. The molecule has 1 aliphatic rings. The monoisotopic (exact) mass is 303 g/mol. The molecule has 3 rings (SSSR count). The van der Waals surface area contributed by atoms with Crippen molar-refractivity contribution < 1.29 is 9.63 Å². The number of thiazole rings is 1. The number of para-hydroxylation sites is 1. The third-order valence-electron chi connectivity index (χ3n) is 3.31. The SMILES string of the molecule is CC1=NO[C@H](C(=O)NCCCc2nc3ccccc3s2)C1. The van der Waals surface area contributed by atoms with E-state index in [0.717, 1.165) is 29.1 Å². The van der Waals surface area contributed by atoms with Gasteiger partial charge in [-0.15, -0.1) is 11.3 Å². The Morgan fingerprint density at radius 2 is 2.33 bits per heavy atom. The van der Waals surface area contributed by atoms with E-state index < -0.39 is 6.10 Å². The molecule has 1 amide bonds. The molecule has 2 heterocycles. The molecule has 0 spiro atoms. The molecular formula is C15H17N3O2S. The van der Waals surface area contributed by atoms with Crippen LogP contribution in [0.2, 0.25) is 0 Å². The first-order chi connectivity index (χ1) is 10.2. The largest absolute Gasteiger partial charge is 0.382 e. The molecule has 21 heavy (non-hydrogen) atoms. The van der Waals surface area contributed by atoms with Crippen LogP contribution in [0.1, 0.15) is 24.8 Å². The fourth-order valence-corrected chi connectivity index (χ4v) is 3.24. The number of fused-ring (bicyclic) bond motifs is 1. The molecule has 5 nitrogen and oxygen atoms in total. The smallest absolute Gasteiger partial charge is 0.264 e. The second-order valence-corrected chi connectivity index (χ2v) is 6.21. The third-order valence-corrected chi connectivity index (χ3v) is 4.41. The zero-order valence-corrected chi connectivity index (χ0v) is 12.7. The lowest BCUT2D eigenvalue weighted by Gasteiger charge is -2.08. The van der Waals surface area contributed by atoms with Gasteiger partial charge in [0.15, 0.2) is 0 Å². The average Bonchev–Trinajstić information content (AvgIpc) is 3.09. The van der Waals surface area contributed by atoms with Gasteiger partial charge in [-0.2, -0.15) is 0 Å². The molecule has 6 heteroatoms. The Kier molecular flexibility index (Phi) is 4.15. The summed E-state index contributed by atoms with van der Waals surface area (Å²) < 4.78 is 1.21. The van der Waals surface area contributed by atoms with Gasteiger partial charge in [0.25, 0.3) is 5.91 Å². The zero-order chi connectivity index (χ0) is 14.7. The number of carbonyl (C=O) groups excluding carboxylic acids is 1.